The lowest BCUT2D eigenvalue weighted by molar-refractivity contribution is -0.140. The fourth-order valence-corrected chi connectivity index (χ4v) is 5.27. The van der Waals surface area contributed by atoms with E-state index in [4.69, 9.17) is 23.9 Å². The number of methoxy groups -OCH3 is 2. The molecule has 1 heterocycles. The number of allylic oxidation sites excluding steroid dienone is 1. The number of ketones is 1. The molecule has 196 valence electrons. The van der Waals surface area contributed by atoms with E-state index in [1.807, 2.05) is 50.2 Å². The SMILES string of the molecule is CCCOc1ccc([C@H]2C(C(=O)OCCOC)=C(C)N=C3C[C@@H](c4ccccc4)CC(=O)C32)cc1OC. The smallest absolute Gasteiger partial charge is 0.336 e. The van der Waals surface area contributed by atoms with Crippen LogP contribution in [-0.4, -0.2) is 51.5 Å². The van der Waals surface area contributed by atoms with Crippen LogP contribution in [0.25, 0.3) is 0 Å². The summed E-state index contributed by atoms with van der Waals surface area (Å²) in [6, 6.07) is 15.7. The summed E-state index contributed by atoms with van der Waals surface area (Å²) >= 11 is 0. The molecule has 2 aromatic rings. The van der Waals surface area contributed by atoms with Crippen LogP contribution < -0.4 is 9.47 Å². The minimum Gasteiger partial charge on any atom is -0.493 e. The maximum Gasteiger partial charge on any atom is 0.336 e. The first kappa shape index (κ1) is 26.6. The van der Waals surface area contributed by atoms with Gasteiger partial charge < -0.3 is 18.9 Å². The molecule has 0 saturated heterocycles. The zero-order valence-electron chi connectivity index (χ0n) is 22.0. The fraction of sp³-hybridized carbons (Fsp3) is 0.433. The van der Waals surface area contributed by atoms with Crippen molar-refractivity contribution < 1.29 is 28.5 Å². The van der Waals surface area contributed by atoms with Gasteiger partial charge >= 0.3 is 5.97 Å². The average Bonchev–Trinajstić information content (AvgIpc) is 2.91. The first-order chi connectivity index (χ1) is 18.0. The molecule has 2 aromatic carbocycles. The zero-order valence-corrected chi connectivity index (χ0v) is 22.0. The third-order valence-corrected chi connectivity index (χ3v) is 6.97. The highest BCUT2D eigenvalue weighted by Gasteiger charge is 2.46. The normalized spacial score (nSPS) is 21.2. The summed E-state index contributed by atoms with van der Waals surface area (Å²) in [4.78, 5) is 31.9. The van der Waals surface area contributed by atoms with Gasteiger partial charge in [0, 0.05) is 30.9 Å². The first-order valence-corrected chi connectivity index (χ1v) is 12.8. The number of hydrogen-bond acceptors (Lipinski definition) is 7. The molecule has 3 atom stereocenters. The van der Waals surface area contributed by atoms with Crippen molar-refractivity contribution in [2.24, 2.45) is 10.9 Å². The van der Waals surface area contributed by atoms with E-state index in [1.54, 1.807) is 14.2 Å². The highest BCUT2D eigenvalue weighted by molar-refractivity contribution is 6.12. The van der Waals surface area contributed by atoms with E-state index >= 15 is 0 Å². The number of nitrogens with zero attached hydrogens (tertiary/aromatic N) is 1. The Labute approximate surface area is 218 Å². The van der Waals surface area contributed by atoms with Gasteiger partial charge in [0.25, 0.3) is 0 Å². The molecule has 4 rings (SSSR count). The fourth-order valence-electron chi connectivity index (χ4n) is 5.27. The molecule has 0 amide bonds. The summed E-state index contributed by atoms with van der Waals surface area (Å²) in [5.41, 5.74) is 3.71. The third kappa shape index (κ3) is 5.77. The Morgan fingerprint density at radius 2 is 1.73 bits per heavy atom. The Kier molecular flexibility index (Phi) is 8.77. The van der Waals surface area contributed by atoms with Gasteiger partial charge in [-0.1, -0.05) is 43.3 Å². The number of rotatable bonds is 10. The molecule has 37 heavy (non-hydrogen) atoms. The lowest BCUT2D eigenvalue weighted by Gasteiger charge is -2.38. The molecular formula is C30H35NO6. The highest BCUT2D eigenvalue weighted by Crippen LogP contribution is 2.47. The molecule has 1 aliphatic carbocycles. The molecule has 1 aliphatic heterocycles. The van der Waals surface area contributed by atoms with Crippen molar-refractivity contribution >= 4 is 17.5 Å². The number of fused-ring (bicyclic) bond motifs is 1. The van der Waals surface area contributed by atoms with Crippen molar-refractivity contribution in [3.05, 3.63) is 70.9 Å². The lowest BCUT2D eigenvalue weighted by Crippen LogP contribution is -2.41. The molecule has 1 unspecified atom stereocenters. The number of carbonyl (C=O) groups is 2. The number of carbonyl (C=O) groups excluding carboxylic acids is 2. The number of Topliss-reactive ketones (excluding diaryl/α,β-unsaturated/α-hetero) is 1. The molecule has 7 heteroatoms. The Morgan fingerprint density at radius 3 is 2.43 bits per heavy atom. The number of aliphatic imine (C=N–C) groups is 1. The summed E-state index contributed by atoms with van der Waals surface area (Å²) in [6.45, 7) is 4.83. The largest absolute Gasteiger partial charge is 0.493 e. The van der Waals surface area contributed by atoms with Gasteiger partial charge in [-0.25, -0.2) is 4.79 Å². The standard InChI is InChI=1S/C30H35NO6/c1-5-13-36-25-12-11-21(18-26(25)35-4)28-27(30(33)37-15-14-34-3)19(2)31-23-16-22(17-24(32)29(23)28)20-9-7-6-8-10-20/h6-12,18,22,28-29H,5,13-17H2,1-4H3/t22-,28+,29?/m1/s1. The second-order valence-electron chi connectivity index (χ2n) is 9.43. The van der Waals surface area contributed by atoms with Crippen LogP contribution >= 0.6 is 0 Å². The van der Waals surface area contributed by atoms with Crippen LogP contribution in [0.5, 0.6) is 11.5 Å². The number of esters is 1. The van der Waals surface area contributed by atoms with Crippen LogP contribution in [0.4, 0.5) is 0 Å². The van der Waals surface area contributed by atoms with Crippen LogP contribution in [0.15, 0.2) is 64.8 Å². The zero-order chi connectivity index (χ0) is 26.4. The summed E-state index contributed by atoms with van der Waals surface area (Å²) < 4.78 is 22.0. The summed E-state index contributed by atoms with van der Waals surface area (Å²) in [6.07, 6.45) is 1.92. The molecule has 2 aliphatic rings. The van der Waals surface area contributed by atoms with Gasteiger partial charge in [-0.15, -0.1) is 0 Å². The summed E-state index contributed by atoms with van der Waals surface area (Å²) in [7, 11) is 3.14. The van der Waals surface area contributed by atoms with E-state index in [0.29, 0.717) is 42.2 Å². The Balaban J connectivity index is 1.76. The molecule has 1 fully saturated rings. The topological polar surface area (TPSA) is 83.4 Å². The van der Waals surface area contributed by atoms with Crippen molar-refractivity contribution in [3.63, 3.8) is 0 Å². The summed E-state index contributed by atoms with van der Waals surface area (Å²) in [5.74, 6) is -0.227. The van der Waals surface area contributed by atoms with Crippen LogP contribution in [0.1, 0.15) is 56.1 Å². The van der Waals surface area contributed by atoms with Gasteiger partial charge in [-0.3, -0.25) is 9.79 Å². The minimum absolute atomic E-state index is 0.0618. The number of benzene rings is 2. The minimum atomic E-state index is -0.541. The average molecular weight is 506 g/mol. The Hall–Kier alpha value is -3.45. The van der Waals surface area contributed by atoms with Gasteiger partial charge in [0.2, 0.25) is 0 Å². The van der Waals surface area contributed by atoms with E-state index in [0.717, 1.165) is 23.3 Å². The van der Waals surface area contributed by atoms with Gasteiger partial charge in [0.05, 0.1) is 31.8 Å². The van der Waals surface area contributed by atoms with Crippen molar-refractivity contribution in [3.8, 4) is 11.5 Å². The van der Waals surface area contributed by atoms with Crippen LogP contribution in [0.2, 0.25) is 0 Å². The second-order valence-corrected chi connectivity index (χ2v) is 9.43. The van der Waals surface area contributed by atoms with Crippen molar-refractivity contribution in [2.75, 3.05) is 34.0 Å². The predicted octanol–water partition coefficient (Wildman–Crippen LogP) is 5.25. The van der Waals surface area contributed by atoms with E-state index in [1.165, 1.54) is 0 Å². The quantitative estimate of drug-likeness (QED) is 0.324. The van der Waals surface area contributed by atoms with Crippen molar-refractivity contribution in [2.45, 2.75) is 44.9 Å². The molecule has 7 nitrogen and oxygen atoms in total. The van der Waals surface area contributed by atoms with Crippen molar-refractivity contribution in [1.82, 2.24) is 0 Å². The Morgan fingerprint density at radius 1 is 0.946 bits per heavy atom. The van der Waals surface area contributed by atoms with Crippen LogP contribution in [0, 0.1) is 5.92 Å². The molecule has 0 radical (unpaired) electrons. The van der Waals surface area contributed by atoms with Gasteiger partial charge in [-0.05, 0) is 48.9 Å². The number of ether oxygens (including phenoxy) is 4. The molecule has 1 saturated carbocycles. The molecule has 0 spiro atoms. The predicted molar refractivity (Wildman–Crippen MR) is 141 cm³/mol. The molecule has 0 bridgehead atoms. The molecule has 0 aromatic heterocycles. The van der Waals surface area contributed by atoms with Gasteiger partial charge in [-0.2, -0.15) is 0 Å². The van der Waals surface area contributed by atoms with E-state index in [-0.39, 0.29) is 24.9 Å². The highest BCUT2D eigenvalue weighted by atomic mass is 16.6. The van der Waals surface area contributed by atoms with E-state index < -0.39 is 17.8 Å². The van der Waals surface area contributed by atoms with Crippen molar-refractivity contribution in [1.29, 1.82) is 0 Å². The maximum atomic E-state index is 13.8. The second kappa shape index (κ2) is 12.2. The third-order valence-electron chi connectivity index (χ3n) is 6.97. The van der Waals surface area contributed by atoms with Gasteiger partial charge in [0.1, 0.15) is 12.4 Å². The maximum absolute atomic E-state index is 13.8. The number of hydrogen-bond donors (Lipinski definition) is 0. The van der Waals surface area contributed by atoms with E-state index in [9.17, 15) is 9.59 Å². The molecule has 0 N–H and O–H groups in total. The first-order valence-electron chi connectivity index (χ1n) is 12.8. The van der Waals surface area contributed by atoms with Crippen LogP contribution in [0.3, 0.4) is 0 Å². The summed E-state index contributed by atoms with van der Waals surface area (Å²) in [5, 5.41) is 0. The van der Waals surface area contributed by atoms with Gasteiger partial charge in [0.15, 0.2) is 11.5 Å². The monoisotopic (exact) mass is 505 g/mol. The van der Waals surface area contributed by atoms with Crippen LogP contribution in [-0.2, 0) is 19.1 Å². The molecular weight excluding hydrogens is 470 g/mol. The Bertz CT molecular complexity index is 1190. The lowest BCUT2D eigenvalue weighted by atomic mass is 9.66. The van der Waals surface area contributed by atoms with E-state index in [2.05, 4.69) is 12.1 Å².